The van der Waals surface area contributed by atoms with Crippen LogP contribution in [0, 0.1) is 6.92 Å². The molecule has 1 aromatic heterocycles. The molecule has 1 amide bonds. The number of benzene rings is 1. The van der Waals surface area contributed by atoms with Gasteiger partial charge in [-0.2, -0.15) is 0 Å². The van der Waals surface area contributed by atoms with Gasteiger partial charge in [0.25, 0.3) is 5.91 Å². The van der Waals surface area contributed by atoms with Crippen molar-refractivity contribution in [3.8, 4) is 0 Å². The van der Waals surface area contributed by atoms with E-state index in [4.69, 9.17) is 4.42 Å². The summed E-state index contributed by atoms with van der Waals surface area (Å²) in [6, 6.07) is 11.4. The lowest BCUT2D eigenvalue weighted by Gasteiger charge is -2.12. The van der Waals surface area contributed by atoms with Gasteiger partial charge in [-0.3, -0.25) is 4.79 Å². The smallest absolute Gasteiger partial charge is 0.291 e. The van der Waals surface area contributed by atoms with Crippen LogP contribution < -0.4 is 10.6 Å². The van der Waals surface area contributed by atoms with E-state index >= 15 is 0 Å². The molecule has 1 heterocycles. The zero-order chi connectivity index (χ0) is 13.8. The second-order valence-electron chi connectivity index (χ2n) is 4.50. The van der Waals surface area contributed by atoms with E-state index in [-0.39, 0.29) is 11.9 Å². The van der Waals surface area contributed by atoms with Crippen LogP contribution in [0.2, 0.25) is 0 Å². The number of hydrogen-bond donors (Lipinski definition) is 2. The Kier molecular flexibility index (Phi) is 4.02. The first kappa shape index (κ1) is 13.4. The number of furan rings is 1. The fraction of sp³-hybridized carbons (Fsp3) is 0.267. The molecule has 0 saturated heterocycles. The molecule has 0 saturated carbocycles. The molecule has 0 fully saturated rings. The average molecular weight is 258 g/mol. The largest absolute Gasteiger partial charge is 0.456 e. The number of nitrogens with one attached hydrogen (secondary N) is 2. The maximum atomic E-state index is 12.0. The van der Waals surface area contributed by atoms with E-state index in [9.17, 15) is 4.79 Å². The van der Waals surface area contributed by atoms with E-state index in [0.717, 1.165) is 17.0 Å². The van der Waals surface area contributed by atoms with Crippen LogP contribution in [0.25, 0.3) is 0 Å². The number of anilines is 1. The molecule has 2 rings (SSSR count). The first-order valence-corrected chi connectivity index (χ1v) is 6.25. The second-order valence-corrected chi connectivity index (χ2v) is 4.50. The quantitative estimate of drug-likeness (QED) is 0.886. The lowest BCUT2D eigenvalue weighted by atomic mass is 10.1. The molecule has 19 heavy (non-hydrogen) atoms. The number of hydrogen-bond acceptors (Lipinski definition) is 3. The van der Waals surface area contributed by atoms with Gasteiger partial charge in [-0.1, -0.05) is 12.1 Å². The van der Waals surface area contributed by atoms with E-state index < -0.39 is 0 Å². The van der Waals surface area contributed by atoms with E-state index in [2.05, 4.69) is 17.6 Å². The van der Waals surface area contributed by atoms with Gasteiger partial charge in [0.2, 0.25) is 0 Å². The highest BCUT2D eigenvalue weighted by Crippen LogP contribution is 2.18. The van der Waals surface area contributed by atoms with Crippen molar-refractivity contribution in [3.05, 3.63) is 53.5 Å². The van der Waals surface area contributed by atoms with Crippen LogP contribution in [0.15, 0.2) is 40.8 Å². The molecule has 0 spiro atoms. The molecule has 0 bridgehead atoms. The predicted octanol–water partition coefficient (Wildman–Crippen LogP) is 3.12. The Morgan fingerprint density at radius 1 is 1.26 bits per heavy atom. The van der Waals surface area contributed by atoms with E-state index in [0.29, 0.717) is 5.76 Å². The van der Waals surface area contributed by atoms with Crippen LogP contribution in [0.3, 0.4) is 0 Å². The Morgan fingerprint density at radius 3 is 2.68 bits per heavy atom. The van der Waals surface area contributed by atoms with Crippen LogP contribution in [-0.4, -0.2) is 13.0 Å². The van der Waals surface area contributed by atoms with Gasteiger partial charge in [0, 0.05) is 11.7 Å². The molecule has 1 atom stereocenters. The summed E-state index contributed by atoms with van der Waals surface area (Å²) in [6.45, 7) is 3.88. The van der Waals surface area contributed by atoms with Crippen LogP contribution in [-0.2, 0) is 0 Å². The fourth-order valence-corrected chi connectivity index (χ4v) is 1.80. The molecule has 1 unspecified atom stereocenters. The normalized spacial score (nSPS) is 12.2. The van der Waals surface area contributed by atoms with Gasteiger partial charge in [-0.05, 0) is 50.7 Å². The summed E-state index contributed by atoms with van der Waals surface area (Å²) in [5.74, 6) is 0.814. The molecule has 0 aliphatic carbocycles. The lowest BCUT2D eigenvalue weighted by molar-refractivity contribution is 0.0995. The summed E-state index contributed by atoms with van der Waals surface area (Å²) in [5, 5.41) is 6.00. The highest BCUT2D eigenvalue weighted by Gasteiger charge is 2.11. The van der Waals surface area contributed by atoms with Crippen molar-refractivity contribution in [2.75, 3.05) is 12.4 Å². The number of carbonyl (C=O) groups excluding carboxylic acids is 1. The Balaban J connectivity index is 2.13. The predicted molar refractivity (Wildman–Crippen MR) is 75.3 cm³/mol. The molecular weight excluding hydrogens is 240 g/mol. The van der Waals surface area contributed by atoms with Crippen molar-refractivity contribution >= 4 is 11.6 Å². The second kappa shape index (κ2) is 5.71. The van der Waals surface area contributed by atoms with Crippen LogP contribution >= 0.6 is 0 Å². The summed E-state index contributed by atoms with van der Waals surface area (Å²) in [5.41, 5.74) is 1.88. The lowest BCUT2D eigenvalue weighted by Crippen LogP contribution is -2.14. The van der Waals surface area contributed by atoms with Gasteiger partial charge in [0.05, 0.1) is 0 Å². The van der Waals surface area contributed by atoms with Crippen LogP contribution in [0.1, 0.15) is 34.8 Å². The molecule has 4 heteroatoms. The summed E-state index contributed by atoms with van der Waals surface area (Å²) in [7, 11) is 1.90. The third-order valence-corrected chi connectivity index (χ3v) is 3.04. The summed E-state index contributed by atoms with van der Waals surface area (Å²) in [6.07, 6.45) is 0. The van der Waals surface area contributed by atoms with Crippen molar-refractivity contribution in [1.29, 1.82) is 0 Å². The molecule has 4 nitrogen and oxygen atoms in total. The first-order chi connectivity index (χ1) is 9.10. The minimum Gasteiger partial charge on any atom is -0.456 e. The van der Waals surface area contributed by atoms with E-state index in [1.807, 2.05) is 38.2 Å². The number of carbonyl (C=O) groups is 1. The number of aryl methyl sites for hydroxylation is 1. The Bertz CT molecular complexity index is 575. The fourth-order valence-electron chi connectivity index (χ4n) is 1.80. The van der Waals surface area contributed by atoms with Crippen LogP contribution in [0.4, 0.5) is 5.69 Å². The molecule has 0 aliphatic rings. The SMILES string of the molecule is CNC(C)c1cccc(NC(=O)c2ccc(C)o2)c1. The van der Waals surface area contributed by atoms with Crippen molar-refractivity contribution in [2.45, 2.75) is 19.9 Å². The summed E-state index contributed by atoms with van der Waals surface area (Å²) >= 11 is 0. The zero-order valence-corrected chi connectivity index (χ0v) is 11.4. The van der Waals surface area contributed by atoms with Gasteiger partial charge in [-0.15, -0.1) is 0 Å². The molecular formula is C15H18N2O2. The third-order valence-electron chi connectivity index (χ3n) is 3.04. The van der Waals surface area contributed by atoms with E-state index in [1.165, 1.54) is 0 Å². The summed E-state index contributed by atoms with van der Waals surface area (Å²) in [4.78, 5) is 12.0. The Labute approximate surface area is 112 Å². The average Bonchev–Trinajstić information content (AvgIpc) is 2.85. The van der Waals surface area contributed by atoms with Gasteiger partial charge in [0.1, 0.15) is 5.76 Å². The molecule has 2 aromatic rings. The van der Waals surface area contributed by atoms with Gasteiger partial charge >= 0.3 is 0 Å². The third kappa shape index (κ3) is 3.23. The van der Waals surface area contributed by atoms with Crippen molar-refractivity contribution < 1.29 is 9.21 Å². The summed E-state index contributed by atoms with van der Waals surface area (Å²) < 4.78 is 5.29. The van der Waals surface area contributed by atoms with Gasteiger partial charge < -0.3 is 15.1 Å². The first-order valence-electron chi connectivity index (χ1n) is 6.25. The highest BCUT2D eigenvalue weighted by molar-refractivity contribution is 6.02. The maximum Gasteiger partial charge on any atom is 0.291 e. The molecule has 0 aliphatic heterocycles. The standard InChI is InChI=1S/C15H18N2O2/c1-10-7-8-14(19-10)15(18)17-13-6-4-5-12(9-13)11(2)16-3/h4-9,11,16H,1-3H3,(H,17,18). The zero-order valence-electron chi connectivity index (χ0n) is 11.4. The number of rotatable bonds is 4. The number of amides is 1. The van der Waals surface area contributed by atoms with Crippen molar-refractivity contribution in [3.63, 3.8) is 0 Å². The van der Waals surface area contributed by atoms with Crippen LogP contribution in [0.5, 0.6) is 0 Å². The maximum absolute atomic E-state index is 12.0. The topological polar surface area (TPSA) is 54.3 Å². The van der Waals surface area contributed by atoms with Crippen molar-refractivity contribution in [1.82, 2.24) is 5.32 Å². The van der Waals surface area contributed by atoms with Gasteiger partial charge in [0.15, 0.2) is 5.76 Å². The Morgan fingerprint density at radius 2 is 2.05 bits per heavy atom. The Hall–Kier alpha value is -2.07. The highest BCUT2D eigenvalue weighted by atomic mass is 16.3. The minimum absolute atomic E-state index is 0.234. The minimum atomic E-state index is -0.234. The molecule has 1 aromatic carbocycles. The molecule has 100 valence electrons. The van der Waals surface area contributed by atoms with Gasteiger partial charge in [-0.25, -0.2) is 0 Å². The van der Waals surface area contributed by atoms with Crippen molar-refractivity contribution in [2.24, 2.45) is 0 Å². The van der Waals surface area contributed by atoms with E-state index in [1.54, 1.807) is 12.1 Å². The monoisotopic (exact) mass is 258 g/mol. The molecule has 2 N–H and O–H groups in total. The molecule has 0 radical (unpaired) electrons.